The van der Waals surface area contributed by atoms with Gasteiger partial charge < -0.3 is 22.1 Å². The molecule has 5 nitrogen and oxygen atoms in total. The second-order valence-electron chi connectivity index (χ2n) is 5.61. The Hall–Kier alpha value is -1.43. The normalized spacial score (nSPS) is 12.1. The van der Waals surface area contributed by atoms with E-state index >= 15 is 0 Å². The van der Waals surface area contributed by atoms with Crippen LogP contribution in [0.25, 0.3) is 0 Å². The van der Waals surface area contributed by atoms with Crippen molar-refractivity contribution >= 4 is 5.91 Å². The maximum Gasteiger partial charge on any atom is 0.239 e. The van der Waals surface area contributed by atoms with E-state index in [0.717, 1.165) is 44.3 Å². The molecule has 0 aliphatic carbocycles. The highest BCUT2D eigenvalue weighted by atomic mass is 16.2. The summed E-state index contributed by atoms with van der Waals surface area (Å²) >= 11 is 0. The largest absolute Gasteiger partial charge is 0.341 e. The number of rotatable bonds is 11. The number of carbonyl (C=O) groups is 1. The Morgan fingerprint density at radius 3 is 2.00 bits per heavy atom. The van der Waals surface area contributed by atoms with Gasteiger partial charge in [-0.15, -0.1) is 0 Å². The van der Waals surface area contributed by atoms with Crippen LogP contribution in [0, 0.1) is 0 Å². The highest BCUT2D eigenvalue weighted by Gasteiger charge is 2.20. The monoisotopic (exact) mass is 306 g/mol. The van der Waals surface area contributed by atoms with E-state index in [1.54, 1.807) is 0 Å². The second kappa shape index (κ2) is 11.2. The molecule has 0 radical (unpaired) electrons. The highest BCUT2D eigenvalue weighted by molar-refractivity contribution is 5.82. The molecule has 5 heteroatoms. The van der Waals surface area contributed by atoms with Crippen molar-refractivity contribution in [2.45, 2.75) is 38.1 Å². The lowest BCUT2D eigenvalue weighted by Crippen LogP contribution is -2.45. The summed E-state index contributed by atoms with van der Waals surface area (Å²) in [5.74, 6) is 0.0258. The van der Waals surface area contributed by atoms with Gasteiger partial charge in [-0.2, -0.15) is 0 Å². The molecule has 1 rings (SSSR count). The van der Waals surface area contributed by atoms with Crippen molar-refractivity contribution in [2.75, 3.05) is 26.2 Å². The zero-order valence-corrected chi connectivity index (χ0v) is 13.4. The molecule has 0 saturated carbocycles. The van der Waals surface area contributed by atoms with Gasteiger partial charge in [0.15, 0.2) is 0 Å². The van der Waals surface area contributed by atoms with E-state index in [0.29, 0.717) is 19.5 Å². The quantitative estimate of drug-likeness (QED) is 0.528. The SMILES string of the molecule is NCCCCN(CCCCN)C(=O)[C@@H](N)Cc1ccccc1. The summed E-state index contributed by atoms with van der Waals surface area (Å²) in [6.07, 6.45) is 4.26. The molecule has 0 bridgehead atoms. The number of nitrogens with zero attached hydrogens (tertiary/aromatic N) is 1. The number of benzene rings is 1. The lowest BCUT2D eigenvalue weighted by atomic mass is 10.1. The van der Waals surface area contributed by atoms with Crippen LogP contribution < -0.4 is 17.2 Å². The van der Waals surface area contributed by atoms with E-state index < -0.39 is 6.04 Å². The Kier molecular flexibility index (Phi) is 9.46. The summed E-state index contributed by atoms with van der Waals surface area (Å²) in [5, 5.41) is 0. The topological polar surface area (TPSA) is 98.4 Å². The Bertz CT molecular complexity index is 400. The first-order chi connectivity index (χ1) is 10.7. The summed E-state index contributed by atoms with van der Waals surface area (Å²) < 4.78 is 0. The smallest absolute Gasteiger partial charge is 0.239 e. The van der Waals surface area contributed by atoms with Gasteiger partial charge in [0.1, 0.15) is 0 Å². The second-order valence-corrected chi connectivity index (χ2v) is 5.61. The molecule has 1 aromatic carbocycles. The summed E-state index contributed by atoms with van der Waals surface area (Å²) in [4.78, 5) is 14.4. The molecule has 0 saturated heterocycles. The zero-order chi connectivity index (χ0) is 16.2. The lowest BCUT2D eigenvalue weighted by Gasteiger charge is -2.26. The first-order valence-corrected chi connectivity index (χ1v) is 8.17. The van der Waals surface area contributed by atoms with Crippen LogP contribution in [-0.4, -0.2) is 43.0 Å². The molecule has 0 heterocycles. The van der Waals surface area contributed by atoms with Crippen LogP contribution in [0.1, 0.15) is 31.2 Å². The van der Waals surface area contributed by atoms with E-state index in [1.807, 2.05) is 35.2 Å². The molecule has 1 aromatic rings. The maximum atomic E-state index is 12.6. The molecule has 0 aliphatic rings. The van der Waals surface area contributed by atoms with Gasteiger partial charge in [-0.25, -0.2) is 0 Å². The molecule has 0 spiro atoms. The summed E-state index contributed by atoms with van der Waals surface area (Å²) in [6.45, 7) is 2.76. The molecule has 6 N–H and O–H groups in total. The van der Waals surface area contributed by atoms with Crippen LogP contribution in [0.15, 0.2) is 30.3 Å². The number of unbranched alkanes of at least 4 members (excludes halogenated alkanes) is 2. The minimum absolute atomic E-state index is 0.0258. The third-order valence-electron chi connectivity index (χ3n) is 3.69. The van der Waals surface area contributed by atoms with Crippen LogP contribution in [0.3, 0.4) is 0 Å². The fourth-order valence-electron chi connectivity index (χ4n) is 2.42. The summed E-state index contributed by atoms with van der Waals surface area (Å²) in [6, 6.07) is 9.40. The van der Waals surface area contributed by atoms with Crippen LogP contribution >= 0.6 is 0 Å². The number of carbonyl (C=O) groups excluding carboxylic acids is 1. The van der Waals surface area contributed by atoms with Gasteiger partial charge in [0.05, 0.1) is 6.04 Å². The van der Waals surface area contributed by atoms with Crippen molar-refractivity contribution in [3.05, 3.63) is 35.9 Å². The van der Waals surface area contributed by atoms with Gasteiger partial charge in [0.25, 0.3) is 0 Å². The molecule has 0 aromatic heterocycles. The molecular formula is C17H30N4O. The maximum absolute atomic E-state index is 12.6. The molecule has 0 fully saturated rings. The van der Waals surface area contributed by atoms with Gasteiger partial charge in [-0.05, 0) is 50.8 Å². The van der Waals surface area contributed by atoms with Gasteiger partial charge in [-0.3, -0.25) is 4.79 Å². The lowest BCUT2D eigenvalue weighted by molar-refractivity contribution is -0.132. The van der Waals surface area contributed by atoms with Crippen LogP contribution in [0.4, 0.5) is 0 Å². The van der Waals surface area contributed by atoms with E-state index in [1.165, 1.54) is 0 Å². The van der Waals surface area contributed by atoms with E-state index in [4.69, 9.17) is 17.2 Å². The molecular weight excluding hydrogens is 276 g/mol. The minimum atomic E-state index is -0.488. The Balaban J connectivity index is 2.55. The van der Waals surface area contributed by atoms with Gasteiger partial charge in [0, 0.05) is 13.1 Å². The third kappa shape index (κ3) is 7.02. The molecule has 0 aliphatic heterocycles. The zero-order valence-electron chi connectivity index (χ0n) is 13.4. The number of amides is 1. The molecule has 0 unspecified atom stereocenters. The molecule has 1 amide bonds. The number of nitrogens with two attached hydrogens (primary N) is 3. The number of hydrogen-bond acceptors (Lipinski definition) is 4. The average molecular weight is 306 g/mol. The van der Waals surface area contributed by atoms with Crippen LogP contribution in [-0.2, 0) is 11.2 Å². The van der Waals surface area contributed by atoms with Crippen molar-refractivity contribution in [2.24, 2.45) is 17.2 Å². The standard InChI is InChI=1S/C17H30N4O/c18-10-4-6-12-21(13-7-5-11-19)17(22)16(20)14-15-8-2-1-3-9-15/h1-3,8-9,16H,4-7,10-14,18-20H2/t16-/m0/s1. The first kappa shape index (κ1) is 18.6. The van der Waals surface area contributed by atoms with Gasteiger partial charge in [0.2, 0.25) is 5.91 Å². The average Bonchev–Trinajstić information content (AvgIpc) is 2.54. The highest BCUT2D eigenvalue weighted by Crippen LogP contribution is 2.07. The van der Waals surface area contributed by atoms with Crippen molar-refractivity contribution in [3.63, 3.8) is 0 Å². The molecule has 1 atom stereocenters. The van der Waals surface area contributed by atoms with E-state index in [-0.39, 0.29) is 5.91 Å². The first-order valence-electron chi connectivity index (χ1n) is 8.17. The minimum Gasteiger partial charge on any atom is -0.341 e. The van der Waals surface area contributed by atoms with Crippen molar-refractivity contribution < 1.29 is 4.79 Å². The fraction of sp³-hybridized carbons (Fsp3) is 0.588. The van der Waals surface area contributed by atoms with Crippen molar-refractivity contribution in [1.82, 2.24) is 4.90 Å². The third-order valence-corrected chi connectivity index (χ3v) is 3.69. The summed E-state index contributed by atoms with van der Waals surface area (Å²) in [7, 11) is 0. The fourth-order valence-corrected chi connectivity index (χ4v) is 2.42. The van der Waals surface area contributed by atoms with Crippen molar-refractivity contribution in [1.29, 1.82) is 0 Å². The van der Waals surface area contributed by atoms with Crippen molar-refractivity contribution in [3.8, 4) is 0 Å². The Labute approximate surface area is 133 Å². The Morgan fingerprint density at radius 2 is 1.50 bits per heavy atom. The van der Waals surface area contributed by atoms with Crippen LogP contribution in [0.5, 0.6) is 0 Å². The molecule has 124 valence electrons. The summed E-state index contributed by atoms with van der Waals surface area (Å²) in [5.41, 5.74) is 18.3. The van der Waals surface area contributed by atoms with E-state index in [2.05, 4.69) is 0 Å². The molecule has 22 heavy (non-hydrogen) atoms. The van der Waals surface area contributed by atoms with Gasteiger partial charge >= 0.3 is 0 Å². The van der Waals surface area contributed by atoms with Crippen LogP contribution in [0.2, 0.25) is 0 Å². The predicted octanol–water partition coefficient (Wildman–Crippen LogP) is 0.863. The Morgan fingerprint density at radius 1 is 0.955 bits per heavy atom. The number of hydrogen-bond donors (Lipinski definition) is 3. The predicted molar refractivity (Wildman–Crippen MR) is 91.3 cm³/mol. The van der Waals surface area contributed by atoms with Gasteiger partial charge in [-0.1, -0.05) is 30.3 Å². The van der Waals surface area contributed by atoms with E-state index in [9.17, 15) is 4.79 Å².